The highest BCUT2D eigenvalue weighted by molar-refractivity contribution is 14.0. The molecular formula is C15H20BrFIN5. The first-order chi connectivity index (χ1) is 10.7. The van der Waals surface area contributed by atoms with Gasteiger partial charge >= 0.3 is 0 Å². The van der Waals surface area contributed by atoms with Gasteiger partial charge in [-0.1, -0.05) is 15.9 Å². The second-order valence-electron chi connectivity index (χ2n) is 4.71. The predicted octanol–water partition coefficient (Wildman–Crippen LogP) is 3.16. The molecule has 0 aliphatic carbocycles. The Morgan fingerprint density at radius 3 is 2.91 bits per heavy atom. The van der Waals surface area contributed by atoms with Crippen molar-refractivity contribution in [2.45, 2.75) is 19.5 Å². The lowest BCUT2D eigenvalue weighted by molar-refractivity contribution is 0.569. The van der Waals surface area contributed by atoms with E-state index in [1.165, 1.54) is 6.07 Å². The molecule has 0 saturated carbocycles. The van der Waals surface area contributed by atoms with E-state index in [2.05, 4.69) is 36.7 Å². The summed E-state index contributed by atoms with van der Waals surface area (Å²) in [6, 6.07) is 6.79. The average Bonchev–Trinajstić information content (AvgIpc) is 3.03. The van der Waals surface area contributed by atoms with Crippen LogP contribution in [0.4, 0.5) is 4.39 Å². The minimum absolute atomic E-state index is 0. The molecule has 8 heteroatoms. The summed E-state index contributed by atoms with van der Waals surface area (Å²) in [5.41, 5.74) is 0.592. The summed E-state index contributed by atoms with van der Waals surface area (Å²) in [5, 5.41) is 10.4. The Balaban J connectivity index is 0.00000264. The van der Waals surface area contributed by atoms with Crippen LogP contribution >= 0.6 is 39.9 Å². The lowest BCUT2D eigenvalue weighted by atomic mass is 10.2. The third kappa shape index (κ3) is 6.86. The summed E-state index contributed by atoms with van der Waals surface area (Å²) in [6.45, 7) is 1.99. The van der Waals surface area contributed by atoms with E-state index in [1.54, 1.807) is 25.4 Å². The van der Waals surface area contributed by atoms with Gasteiger partial charge < -0.3 is 10.6 Å². The molecule has 0 unspecified atom stereocenters. The molecule has 2 rings (SSSR count). The van der Waals surface area contributed by atoms with Crippen molar-refractivity contribution < 1.29 is 4.39 Å². The van der Waals surface area contributed by atoms with Crippen molar-refractivity contribution in [2.75, 3.05) is 13.6 Å². The molecule has 2 aromatic rings. The summed E-state index contributed by atoms with van der Waals surface area (Å²) >= 11 is 3.34. The van der Waals surface area contributed by atoms with Gasteiger partial charge in [-0.25, -0.2) is 4.39 Å². The maximum atomic E-state index is 13.7. The third-order valence-electron chi connectivity index (χ3n) is 3.09. The predicted molar refractivity (Wildman–Crippen MR) is 105 cm³/mol. The first-order valence-electron chi connectivity index (χ1n) is 7.05. The van der Waals surface area contributed by atoms with Gasteiger partial charge in [0.05, 0.1) is 0 Å². The lowest BCUT2D eigenvalue weighted by Gasteiger charge is -2.12. The average molecular weight is 496 g/mol. The second-order valence-corrected chi connectivity index (χ2v) is 5.63. The Morgan fingerprint density at radius 2 is 2.22 bits per heavy atom. The first-order valence-corrected chi connectivity index (χ1v) is 7.84. The Bertz CT molecular complexity index is 618. The van der Waals surface area contributed by atoms with Gasteiger partial charge in [-0.05, 0) is 30.7 Å². The van der Waals surface area contributed by atoms with E-state index in [1.807, 2.05) is 16.9 Å². The zero-order chi connectivity index (χ0) is 15.8. The van der Waals surface area contributed by atoms with Crippen molar-refractivity contribution in [1.29, 1.82) is 0 Å². The number of aliphatic imine (C=N–C) groups is 1. The summed E-state index contributed by atoms with van der Waals surface area (Å²) in [4.78, 5) is 4.13. The fourth-order valence-corrected chi connectivity index (χ4v) is 2.37. The number of rotatable bonds is 6. The largest absolute Gasteiger partial charge is 0.356 e. The molecule has 2 N–H and O–H groups in total. The zero-order valence-corrected chi connectivity index (χ0v) is 16.7. The van der Waals surface area contributed by atoms with E-state index in [4.69, 9.17) is 0 Å². The van der Waals surface area contributed by atoms with E-state index in [0.717, 1.165) is 24.0 Å². The third-order valence-corrected chi connectivity index (χ3v) is 3.59. The Labute approximate surface area is 160 Å². The van der Waals surface area contributed by atoms with Crippen LogP contribution in [0.1, 0.15) is 12.0 Å². The molecule has 0 atom stereocenters. The second kappa shape index (κ2) is 10.6. The molecule has 126 valence electrons. The molecule has 5 nitrogen and oxygen atoms in total. The van der Waals surface area contributed by atoms with Crippen molar-refractivity contribution >= 4 is 45.9 Å². The van der Waals surface area contributed by atoms with Gasteiger partial charge in [0.1, 0.15) is 5.82 Å². The van der Waals surface area contributed by atoms with Gasteiger partial charge in [0.2, 0.25) is 0 Å². The first kappa shape index (κ1) is 19.9. The number of nitrogens with zero attached hydrogens (tertiary/aromatic N) is 3. The summed E-state index contributed by atoms with van der Waals surface area (Å²) in [7, 11) is 1.69. The lowest BCUT2D eigenvalue weighted by Crippen LogP contribution is -2.37. The van der Waals surface area contributed by atoms with Gasteiger partial charge in [0.15, 0.2) is 5.96 Å². The number of aryl methyl sites for hydroxylation is 1. The van der Waals surface area contributed by atoms with Crippen molar-refractivity contribution in [2.24, 2.45) is 4.99 Å². The zero-order valence-electron chi connectivity index (χ0n) is 12.8. The molecule has 0 bridgehead atoms. The van der Waals surface area contributed by atoms with Crippen LogP contribution in [0.25, 0.3) is 0 Å². The molecule has 0 radical (unpaired) electrons. The van der Waals surface area contributed by atoms with Crippen LogP contribution in [0.2, 0.25) is 0 Å². The van der Waals surface area contributed by atoms with Crippen LogP contribution in [0.15, 0.2) is 46.1 Å². The standard InChI is InChI=1S/C15H19BrFN5.HI/c1-18-15(19-6-2-8-22-9-3-7-21-22)20-11-12-10-13(16)4-5-14(12)17;/h3-5,7,9-10H,2,6,8,11H2,1H3,(H2,18,19,20);1H. The summed E-state index contributed by atoms with van der Waals surface area (Å²) in [5.74, 6) is 0.421. The molecule has 0 saturated heterocycles. The Morgan fingerprint density at radius 1 is 1.39 bits per heavy atom. The van der Waals surface area contributed by atoms with Crippen LogP contribution in [-0.4, -0.2) is 29.3 Å². The molecule has 1 aromatic heterocycles. The minimum Gasteiger partial charge on any atom is -0.356 e. The summed E-state index contributed by atoms with van der Waals surface area (Å²) < 4.78 is 16.4. The number of hydrogen-bond donors (Lipinski definition) is 2. The number of nitrogens with one attached hydrogen (secondary N) is 2. The highest BCUT2D eigenvalue weighted by atomic mass is 127. The number of aromatic nitrogens is 2. The number of benzene rings is 1. The maximum absolute atomic E-state index is 13.7. The van der Waals surface area contributed by atoms with Crippen molar-refractivity contribution in [3.8, 4) is 0 Å². The topological polar surface area (TPSA) is 54.2 Å². The molecule has 0 amide bonds. The van der Waals surface area contributed by atoms with Crippen LogP contribution in [-0.2, 0) is 13.1 Å². The molecule has 0 spiro atoms. The number of hydrogen-bond acceptors (Lipinski definition) is 2. The SMILES string of the molecule is CN=C(NCCCn1cccn1)NCc1cc(Br)ccc1F.I. The van der Waals surface area contributed by atoms with Crippen molar-refractivity contribution in [3.63, 3.8) is 0 Å². The normalized spacial score (nSPS) is 11.0. The molecule has 1 heterocycles. The van der Waals surface area contributed by atoms with Gasteiger partial charge in [0, 0.05) is 49.1 Å². The molecule has 23 heavy (non-hydrogen) atoms. The van der Waals surface area contributed by atoms with E-state index in [-0.39, 0.29) is 29.8 Å². The smallest absolute Gasteiger partial charge is 0.191 e. The quantitative estimate of drug-likeness (QED) is 0.280. The highest BCUT2D eigenvalue weighted by Crippen LogP contribution is 2.15. The molecule has 1 aromatic carbocycles. The van der Waals surface area contributed by atoms with E-state index >= 15 is 0 Å². The monoisotopic (exact) mass is 495 g/mol. The van der Waals surface area contributed by atoms with Crippen molar-refractivity contribution in [1.82, 2.24) is 20.4 Å². The maximum Gasteiger partial charge on any atom is 0.191 e. The van der Waals surface area contributed by atoms with E-state index in [0.29, 0.717) is 18.1 Å². The number of halogens is 3. The molecule has 0 fully saturated rings. The van der Waals surface area contributed by atoms with E-state index < -0.39 is 0 Å². The highest BCUT2D eigenvalue weighted by Gasteiger charge is 2.04. The summed E-state index contributed by atoms with van der Waals surface area (Å²) in [6.07, 6.45) is 4.62. The number of guanidine groups is 1. The van der Waals surface area contributed by atoms with Gasteiger partial charge in [-0.3, -0.25) is 9.67 Å². The van der Waals surface area contributed by atoms with Crippen LogP contribution in [0.3, 0.4) is 0 Å². The Kier molecular flexibility index (Phi) is 9.15. The van der Waals surface area contributed by atoms with E-state index in [9.17, 15) is 4.39 Å². The van der Waals surface area contributed by atoms with Gasteiger partial charge in [0.25, 0.3) is 0 Å². The molecule has 0 aliphatic rings. The fraction of sp³-hybridized carbons (Fsp3) is 0.333. The van der Waals surface area contributed by atoms with Crippen LogP contribution in [0.5, 0.6) is 0 Å². The van der Waals surface area contributed by atoms with Gasteiger partial charge in [-0.2, -0.15) is 5.10 Å². The van der Waals surface area contributed by atoms with Gasteiger partial charge in [-0.15, -0.1) is 24.0 Å². The Hall–Kier alpha value is -1.16. The minimum atomic E-state index is -0.232. The van der Waals surface area contributed by atoms with Crippen LogP contribution < -0.4 is 10.6 Å². The fourth-order valence-electron chi connectivity index (χ4n) is 1.96. The molecule has 0 aliphatic heterocycles. The van der Waals surface area contributed by atoms with Crippen molar-refractivity contribution in [3.05, 3.63) is 52.5 Å². The molecular weight excluding hydrogens is 476 g/mol. The van der Waals surface area contributed by atoms with Crippen LogP contribution in [0, 0.1) is 5.82 Å².